The molecule has 3 aromatic rings. The molecule has 1 atom stereocenters. The number of fused-ring (bicyclic) bond motifs is 2. The van der Waals surface area contributed by atoms with Crippen LogP contribution in [-0.2, 0) is 17.9 Å². The van der Waals surface area contributed by atoms with Gasteiger partial charge in [-0.15, -0.1) is 0 Å². The predicted molar refractivity (Wildman–Crippen MR) is 126 cm³/mol. The highest BCUT2D eigenvalue weighted by Crippen LogP contribution is 2.30. The standard InChI is InChI=1S/C24H27N7O2/c1-14(2)31-13-18-21(23(31)33)29-24(27-12-17-7-8-20(32)28-17)30-22(18)26-11-15-9-16-5-3-4-6-19(16)25-10-15/h3-6,9-10,14,17H,7-8,11-13H2,1-2H3,(H,28,32)(H2,26,27,29,30). The summed E-state index contributed by atoms with van der Waals surface area (Å²) in [6.45, 7) is 5.50. The molecule has 3 N–H and O–H groups in total. The third kappa shape index (κ3) is 4.30. The van der Waals surface area contributed by atoms with Gasteiger partial charge in [-0.2, -0.15) is 4.98 Å². The number of rotatable bonds is 7. The topological polar surface area (TPSA) is 112 Å². The maximum Gasteiger partial charge on any atom is 0.273 e. The maximum atomic E-state index is 13.0. The van der Waals surface area contributed by atoms with E-state index in [-0.39, 0.29) is 23.9 Å². The third-order valence-corrected chi connectivity index (χ3v) is 6.12. The number of carbonyl (C=O) groups is 2. The predicted octanol–water partition coefficient (Wildman–Crippen LogP) is 2.69. The molecule has 1 aromatic carbocycles. The highest BCUT2D eigenvalue weighted by atomic mass is 16.2. The molecule has 0 spiro atoms. The van der Waals surface area contributed by atoms with Gasteiger partial charge in [0.2, 0.25) is 11.9 Å². The van der Waals surface area contributed by atoms with Crippen molar-refractivity contribution >= 4 is 34.5 Å². The summed E-state index contributed by atoms with van der Waals surface area (Å²) in [6, 6.07) is 10.2. The second kappa shape index (κ2) is 8.65. The molecule has 0 bridgehead atoms. The van der Waals surface area contributed by atoms with Crippen LogP contribution in [0, 0.1) is 0 Å². The van der Waals surface area contributed by atoms with Crippen molar-refractivity contribution in [2.24, 2.45) is 0 Å². The van der Waals surface area contributed by atoms with Crippen molar-refractivity contribution in [3.05, 3.63) is 53.3 Å². The minimum atomic E-state index is -0.0879. The molecular formula is C24H27N7O2. The van der Waals surface area contributed by atoms with E-state index < -0.39 is 0 Å². The first-order chi connectivity index (χ1) is 16.0. The van der Waals surface area contributed by atoms with Crippen LogP contribution >= 0.6 is 0 Å². The second-order valence-corrected chi connectivity index (χ2v) is 8.82. The van der Waals surface area contributed by atoms with Gasteiger partial charge in [-0.25, -0.2) is 4.98 Å². The Labute approximate surface area is 192 Å². The summed E-state index contributed by atoms with van der Waals surface area (Å²) in [6.07, 6.45) is 3.16. The average Bonchev–Trinajstić information content (AvgIpc) is 3.39. The Morgan fingerprint density at radius 1 is 1.18 bits per heavy atom. The van der Waals surface area contributed by atoms with Crippen molar-refractivity contribution in [1.82, 2.24) is 25.2 Å². The molecule has 33 heavy (non-hydrogen) atoms. The minimum Gasteiger partial charge on any atom is -0.365 e. The van der Waals surface area contributed by atoms with Gasteiger partial charge in [0.1, 0.15) is 11.5 Å². The van der Waals surface area contributed by atoms with Crippen molar-refractivity contribution in [3.8, 4) is 0 Å². The van der Waals surface area contributed by atoms with Gasteiger partial charge in [0, 0.05) is 48.7 Å². The first-order valence-electron chi connectivity index (χ1n) is 11.3. The molecule has 170 valence electrons. The van der Waals surface area contributed by atoms with E-state index in [0.717, 1.165) is 28.5 Å². The molecule has 2 aliphatic rings. The summed E-state index contributed by atoms with van der Waals surface area (Å²) in [5.74, 6) is 0.997. The Morgan fingerprint density at radius 2 is 2.03 bits per heavy atom. The number of nitrogens with one attached hydrogen (secondary N) is 3. The van der Waals surface area contributed by atoms with Gasteiger partial charge in [0.15, 0.2) is 0 Å². The minimum absolute atomic E-state index is 0.0392. The van der Waals surface area contributed by atoms with Crippen molar-refractivity contribution in [2.75, 3.05) is 17.2 Å². The number of aromatic nitrogens is 3. The van der Waals surface area contributed by atoms with Crippen molar-refractivity contribution < 1.29 is 9.59 Å². The van der Waals surface area contributed by atoms with Gasteiger partial charge < -0.3 is 20.9 Å². The van der Waals surface area contributed by atoms with Gasteiger partial charge in [0.05, 0.1) is 12.1 Å². The number of amides is 2. The van der Waals surface area contributed by atoms with E-state index in [1.165, 1.54) is 0 Å². The molecular weight excluding hydrogens is 418 g/mol. The van der Waals surface area contributed by atoms with Crippen molar-refractivity contribution in [2.45, 2.75) is 51.9 Å². The monoisotopic (exact) mass is 445 g/mol. The summed E-state index contributed by atoms with van der Waals surface area (Å²) in [4.78, 5) is 40.0. The first-order valence-corrected chi connectivity index (χ1v) is 11.3. The molecule has 0 radical (unpaired) electrons. The number of hydrogen-bond donors (Lipinski definition) is 3. The zero-order valence-corrected chi connectivity index (χ0v) is 18.8. The van der Waals surface area contributed by atoms with Crippen LogP contribution in [0.1, 0.15) is 48.3 Å². The lowest BCUT2D eigenvalue weighted by molar-refractivity contribution is -0.119. The van der Waals surface area contributed by atoms with Gasteiger partial charge in [-0.3, -0.25) is 14.6 Å². The number of hydrogen-bond acceptors (Lipinski definition) is 7. The molecule has 9 heteroatoms. The van der Waals surface area contributed by atoms with Crippen LogP contribution in [0.3, 0.4) is 0 Å². The SMILES string of the molecule is CC(C)N1Cc2c(NCc3cnc4ccccc4c3)nc(NCC3CCC(=O)N3)nc2C1=O. The smallest absolute Gasteiger partial charge is 0.273 e. The van der Waals surface area contributed by atoms with Crippen LogP contribution in [0.4, 0.5) is 11.8 Å². The van der Waals surface area contributed by atoms with E-state index in [4.69, 9.17) is 0 Å². The van der Waals surface area contributed by atoms with Crippen molar-refractivity contribution in [1.29, 1.82) is 0 Å². The zero-order chi connectivity index (χ0) is 22.9. The third-order valence-electron chi connectivity index (χ3n) is 6.12. The fraction of sp³-hybridized carbons (Fsp3) is 0.375. The molecule has 1 unspecified atom stereocenters. The fourth-order valence-electron chi connectivity index (χ4n) is 4.28. The maximum absolute atomic E-state index is 13.0. The molecule has 1 saturated heterocycles. The molecule has 2 aromatic heterocycles. The number of para-hydroxylation sites is 1. The molecule has 4 heterocycles. The lowest BCUT2D eigenvalue weighted by Crippen LogP contribution is -2.32. The largest absolute Gasteiger partial charge is 0.365 e. The van der Waals surface area contributed by atoms with Crippen LogP contribution in [0.5, 0.6) is 0 Å². The van der Waals surface area contributed by atoms with E-state index in [0.29, 0.717) is 43.5 Å². The van der Waals surface area contributed by atoms with Gasteiger partial charge in [-0.1, -0.05) is 18.2 Å². The molecule has 0 aliphatic carbocycles. The lowest BCUT2D eigenvalue weighted by Gasteiger charge is -2.19. The van der Waals surface area contributed by atoms with Crippen molar-refractivity contribution in [3.63, 3.8) is 0 Å². The first kappa shape index (κ1) is 21.1. The van der Waals surface area contributed by atoms with E-state index in [2.05, 4.69) is 37.0 Å². The highest BCUT2D eigenvalue weighted by Gasteiger charge is 2.34. The summed E-state index contributed by atoms with van der Waals surface area (Å²) < 4.78 is 0. The van der Waals surface area contributed by atoms with Crippen LogP contribution in [0.2, 0.25) is 0 Å². The summed E-state index contributed by atoms with van der Waals surface area (Å²) in [7, 11) is 0. The molecule has 1 fully saturated rings. The van der Waals surface area contributed by atoms with E-state index in [1.807, 2.05) is 44.3 Å². The van der Waals surface area contributed by atoms with Gasteiger partial charge in [0.25, 0.3) is 5.91 Å². The Hall–Kier alpha value is -3.75. The molecule has 5 rings (SSSR count). The molecule has 9 nitrogen and oxygen atoms in total. The zero-order valence-electron chi connectivity index (χ0n) is 18.8. The molecule has 2 aliphatic heterocycles. The van der Waals surface area contributed by atoms with E-state index in [1.54, 1.807) is 4.90 Å². The average molecular weight is 446 g/mol. The molecule has 0 saturated carbocycles. The molecule has 2 amide bonds. The van der Waals surface area contributed by atoms with E-state index in [9.17, 15) is 9.59 Å². The van der Waals surface area contributed by atoms with Gasteiger partial charge >= 0.3 is 0 Å². The number of anilines is 2. The van der Waals surface area contributed by atoms with Crippen LogP contribution in [0.25, 0.3) is 10.9 Å². The summed E-state index contributed by atoms with van der Waals surface area (Å²) in [5, 5.41) is 10.6. The van der Waals surface area contributed by atoms with Gasteiger partial charge in [-0.05, 0) is 38.0 Å². The quantitative estimate of drug-likeness (QED) is 0.513. The normalized spacial score (nSPS) is 17.5. The fourth-order valence-corrected chi connectivity index (χ4v) is 4.28. The summed E-state index contributed by atoms with van der Waals surface area (Å²) in [5.41, 5.74) is 3.21. The summed E-state index contributed by atoms with van der Waals surface area (Å²) >= 11 is 0. The van der Waals surface area contributed by atoms with Crippen LogP contribution in [0.15, 0.2) is 36.5 Å². The Balaban J connectivity index is 1.39. The number of nitrogens with zero attached hydrogens (tertiary/aromatic N) is 4. The number of carbonyl (C=O) groups excluding carboxylic acids is 2. The van der Waals surface area contributed by atoms with Crippen LogP contribution < -0.4 is 16.0 Å². The lowest BCUT2D eigenvalue weighted by atomic mass is 10.1. The van der Waals surface area contributed by atoms with Crippen LogP contribution in [-0.4, -0.2) is 50.3 Å². The Bertz CT molecular complexity index is 1230. The Morgan fingerprint density at radius 3 is 2.82 bits per heavy atom. The number of benzene rings is 1. The highest BCUT2D eigenvalue weighted by molar-refractivity contribution is 5.98. The number of pyridine rings is 1. The second-order valence-electron chi connectivity index (χ2n) is 8.82. The van der Waals surface area contributed by atoms with E-state index >= 15 is 0 Å². The Kier molecular flexibility index (Phi) is 5.53.